The number of non-ortho nitro benzene ring substituents is 1. The molecule has 10 nitrogen and oxygen atoms in total. The number of nitrogens with zero attached hydrogens (tertiary/aromatic N) is 1. The molecule has 2 N–H and O–H groups in total. The molecular weight excluding hydrogens is 351 g/mol. The molecule has 0 heterocycles. The van der Waals surface area contributed by atoms with Crippen LogP contribution in [-0.4, -0.2) is 18.9 Å². The first-order chi connectivity index (χ1) is 10.6. The van der Waals surface area contributed by atoms with E-state index in [0.717, 1.165) is 24.3 Å². The Morgan fingerprint density at radius 2 is 1.74 bits per heavy atom. The number of nitro groups is 1. The van der Waals surface area contributed by atoms with Crippen LogP contribution < -0.4 is 14.8 Å². The fraction of sp³-hybridized carbons (Fsp3) is 0.455. The van der Waals surface area contributed by atoms with E-state index in [4.69, 9.17) is 5.73 Å². The third-order valence-corrected chi connectivity index (χ3v) is 3.87. The van der Waals surface area contributed by atoms with Gasteiger partial charge >= 0.3 is 18.4 Å². The van der Waals surface area contributed by atoms with E-state index < -0.39 is 28.9 Å². The van der Waals surface area contributed by atoms with Crippen LogP contribution in [0.4, 0.5) is 5.69 Å². The molecule has 2 unspecified atom stereocenters. The van der Waals surface area contributed by atoms with Gasteiger partial charge in [-0.2, -0.15) is 8.42 Å². The summed E-state index contributed by atoms with van der Waals surface area (Å²) in [5.41, 5.74) is 2.46. The summed E-state index contributed by atoms with van der Waals surface area (Å²) in [7, 11) is -8.01. The Bertz CT molecular complexity index is 617. The average Bonchev–Trinajstić information content (AvgIpc) is 2.47. The molecule has 0 aliphatic heterocycles. The normalized spacial score (nSPS) is 12.6. The van der Waals surface area contributed by atoms with Crippen molar-refractivity contribution in [3.63, 3.8) is 0 Å². The van der Waals surface area contributed by atoms with Crippen LogP contribution in [0.15, 0.2) is 24.3 Å². The third kappa shape index (κ3) is 8.53. The SMILES string of the molecule is CCCC.NC(O[P+](=O)[O-])S(=O)(=O)Oc1ccc([N+](=O)[O-])cc1. The lowest BCUT2D eigenvalue weighted by molar-refractivity contribution is -0.384. The summed E-state index contributed by atoms with van der Waals surface area (Å²) in [6.07, 6.45) is 2.64. The van der Waals surface area contributed by atoms with Crippen LogP contribution in [0.25, 0.3) is 0 Å². The van der Waals surface area contributed by atoms with Gasteiger partial charge in [0.1, 0.15) is 5.75 Å². The Labute approximate surface area is 134 Å². The Kier molecular flexibility index (Phi) is 9.46. The lowest BCUT2D eigenvalue weighted by atomic mass is 10.3. The molecule has 0 saturated carbocycles. The first-order valence-electron chi connectivity index (χ1n) is 6.38. The zero-order chi connectivity index (χ0) is 18.0. The molecule has 0 aliphatic carbocycles. The average molecular weight is 368 g/mol. The fourth-order valence-corrected chi connectivity index (χ4v) is 2.22. The van der Waals surface area contributed by atoms with E-state index in [1.807, 2.05) is 0 Å². The lowest BCUT2D eigenvalue weighted by Gasteiger charge is -2.09. The van der Waals surface area contributed by atoms with Gasteiger partial charge in [-0.25, -0.2) is 0 Å². The highest BCUT2D eigenvalue weighted by molar-refractivity contribution is 7.87. The van der Waals surface area contributed by atoms with Crippen molar-refractivity contribution in [1.82, 2.24) is 0 Å². The summed E-state index contributed by atoms with van der Waals surface area (Å²) in [5.74, 6) is -0.272. The highest BCUT2D eigenvalue weighted by Crippen LogP contribution is 2.21. The largest absolute Gasteiger partial charge is 0.566 e. The maximum atomic E-state index is 11.4. The molecule has 0 aromatic heterocycles. The molecule has 1 aromatic rings. The van der Waals surface area contributed by atoms with Gasteiger partial charge in [-0.1, -0.05) is 26.7 Å². The smallest absolute Gasteiger partial charge is 0.491 e. The van der Waals surface area contributed by atoms with Gasteiger partial charge in [-0.05, 0) is 16.7 Å². The van der Waals surface area contributed by atoms with E-state index in [1.54, 1.807) is 0 Å². The van der Waals surface area contributed by atoms with Crippen LogP contribution in [-0.2, 0) is 19.2 Å². The predicted molar refractivity (Wildman–Crippen MR) is 79.9 cm³/mol. The number of benzene rings is 1. The molecule has 0 fully saturated rings. The third-order valence-electron chi connectivity index (χ3n) is 2.23. The second-order valence-electron chi connectivity index (χ2n) is 4.02. The van der Waals surface area contributed by atoms with Crippen molar-refractivity contribution in [2.24, 2.45) is 5.73 Å². The van der Waals surface area contributed by atoms with Gasteiger partial charge in [-0.3, -0.25) is 15.8 Å². The molecule has 0 bridgehead atoms. The van der Waals surface area contributed by atoms with Crippen molar-refractivity contribution in [2.75, 3.05) is 0 Å². The molecule has 130 valence electrons. The van der Waals surface area contributed by atoms with Crippen LogP contribution in [0, 0.1) is 10.1 Å². The van der Waals surface area contributed by atoms with Crippen LogP contribution in [0.3, 0.4) is 0 Å². The van der Waals surface area contributed by atoms with Gasteiger partial charge in [0, 0.05) is 12.1 Å². The number of unbranched alkanes of at least 4 members (excludes halogenated alkanes) is 1. The second kappa shape index (κ2) is 10.2. The second-order valence-corrected chi connectivity index (χ2v) is 6.30. The summed E-state index contributed by atoms with van der Waals surface area (Å²) in [6, 6.07) is 4.04. The Morgan fingerprint density at radius 3 is 2.09 bits per heavy atom. The molecule has 0 saturated heterocycles. The maximum Gasteiger partial charge on any atom is 0.491 e. The fourth-order valence-electron chi connectivity index (χ4n) is 0.942. The molecule has 0 spiro atoms. The monoisotopic (exact) mass is 368 g/mol. The van der Waals surface area contributed by atoms with Gasteiger partial charge < -0.3 is 9.08 Å². The van der Waals surface area contributed by atoms with Crippen molar-refractivity contribution in [1.29, 1.82) is 0 Å². The van der Waals surface area contributed by atoms with Crippen LogP contribution in [0.1, 0.15) is 26.7 Å². The zero-order valence-corrected chi connectivity index (χ0v) is 14.2. The van der Waals surface area contributed by atoms with E-state index in [-0.39, 0.29) is 11.4 Å². The first kappa shape index (κ1) is 21.4. The van der Waals surface area contributed by atoms with Crippen molar-refractivity contribution >= 4 is 24.1 Å². The van der Waals surface area contributed by atoms with E-state index in [2.05, 4.69) is 22.6 Å². The number of nitro benzene ring substituents is 1. The lowest BCUT2D eigenvalue weighted by Crippen LogP contribution is -2.35. The Balaban J connectivity index is 0.00000108. The summed E-state index contributed by atoms with van der Waals surface area (Å²) < 4.78 is 41.2. The summed E-state index contributed by atoms with van der Waals surface area (Å²) >= 11 is 0. The minimum atomic E-state index is -4.54. The molecule has 1 aromatic carbocycles. The molecule has 0 radical (unpaired) electrons. The quantitative estimate of drug-likeness (QED) is 0.246. The van der Waals surface area contributed by atoms with E-state index >= 15 is 0 Å². The molecule has 1 rings (SSSR count). The van der Waals surface area contributed by atoms with Gasteiger partial charge in [0.25, 0.3) is 11.2 Å². The number of hydrogen-bond donors (Lipinski definition) is 1. The van der Waals surface area contributed by atoms with E-state index in [1.165, 1.54) is 12.8 Å². The van der Waals surface area contributed by atoms with Crippen molar-refractivity contribution in [3.05, 3.63) is 34.4 Å². The van der Waals surface area contributed by atoms with E-state index in [0.29, 0.717) is 0 Å². The summed E-state index contributed by atoms with van der Waals surface area (Å²) in [6.45, 7) is 4.36. The molecule has 23 heavy (non-hydrogen) atoms. The highest BCUT2D eigenvalue weighted by atomic mass is 32.2. The van der Waals surface area contributed by atoms with Gasteiger partial charge in [0.2, 0.25) is 0 Å². The molecule has 0 amide bonds. The maximum absolute atomic E-state index is 11.4. The summed E-state index contributed by atoms with van der Waals surface area (Å²) in [4.78, 5) is 19.8. The van der Waals surface area contributed by atoms with Crippen LogP contribution >= 0.6 is 8.25 Å². The minimum Gasteiger partial charge on any atom is -0.566 e. The van der Waals surface area contributed by atoms with Gasteiger partial charge in [-0.15, -0.1) is 4.52 Å². The Morgan fingerprint density at radius 1 is 1.26 bits per heavy atom. The zero-order valence-electron chi connectivity index (χ0n) is 12.4. The van der Waals surface area contributed by atoms with Gasteiger partial charge in [0.15, 0.2) is 0 Å². The predicted octanol–water partition coefficient (Wildman–Crippen LogP) is 1.39. The summed E-state index contributed by atoms with van der Waals surface area (Å²) in [5, 5.41) is 10.4. The number of rotatable bonds is 7. The van der Waals surface area contributed by atoms with Crippen molar-refractivity contribution < 1.29 is 31.5 Å². The molecular formula is C11H17N2O8PS. The van der Waals surface area contributed by atoms with Crippen LogP contribution in [0.2, 0.25) is 0 Å². The van der Waals surface area contributed by atoms with Crippen molar-refractivity contribution in [3.8, 4) is 5.75 Å². The van der Waals surface area contributed by atoms with Crippen molar-refractivity contribution in [2.45, 2.75) is 32.2 Å². The standard InChI is InChI=1S/C7H7N2O8PS.C4H10/c8-7(16-18(12)13)19(14,15)17-6-3-1-5(2-4-6)9(10)11;1-3-4-2/h1-4,7H,8H2;3-4H2,1-2H3. The van der Waals surface area contributed by atoms with Crippen LogP contribution in [0.5, 0.6) is 5.75 Å². The topological polar surface area (TPSA) is 162 Å². The molecule has 12 heteroatoms. The minimum absolute atomic E-state index is 0.270. The molecule has 0 aliphatic rings. The van der Waals surface area contributed by atoms with Gasteiger partial charge in [0.05, 0.1) is 4.92 Å². The molecule has 2 atom stereocenters. The number of hydrogen-bond acceptors (Lipinski definition) is 9. The highest BCUT2D eigenvalue weighted by Gasteiger charge is 2.30. The number of nitrogens with two attached hydrogens (primary N) is 1. The van der Waals surface area contributed by atoms with E-state index in [9.17, 15) is 28.0 Å². The first-order valence-corrected chi connectivity index (χ1v) is 8.95. The Hall–Kier alpha value is -1.65.